The number of nitrogens with one attached hydrogen (secondary N) is 1. The molecule has 27 heavy (non-hydrogen) atoms. The Hall–Kier alpha value is -2.34. The molecule has 1 amide bonds. The molecule has 1 aromatic carbocycles. The Bertz CT molecular complexity index is 911. The number of rotatable bonds is 8. The van der Waals surface area contributed by atoms with Gasteiger partial charge in [-0.3, -0.25) is 4.79 Å². The van der Waals surface area contributed by atoms with Crippen molar-refractivity contribution in [3.8, 4) is 5.75 Å². The molecule has 0 radical (unpaired) electrons. The first-order chi connectivity index (χ1) is 13.0. The highest BCUT2D eigenvalue weighted by Crippen LogP contribution is 2.28. The van der Waals surface area contributed by atoms with Crippen molar-refractivity contribution in [1.82, 2.24) is 14.9 Å². The SMILES string of the molecule is CC(C)c1csc(CCNC(=O)COc2cccc3c2ccn3C(C)C)n1. The van der Waals surface area contributed by atoms with Gasteiger partial charge in [0.2, 0.25) is 0 Å². The van der Waals surface area contributed by atoms with Gasteiger partial charge in [0.05, 0.1) is 16.2 Å². The summed E-state index contributed by atoms with van der Waals surface area (Å²) in [5, 5.41) is 7.09. The summed E-state index contributed by atoms with van der Waals surface area (Å²) in [6, 6.07) is 8.36. The molecule has 0 aliphatic carbocycles. The molecule has 0 fully saturated rings. The maximum Gasteiger partial charge on any atom is 0.257 e. The molecule has 0 unspecified atom stereocenters. The summed E-state index contributed by atoms with van der Waals surface area (Å²) in [6.45, 7) is 9.14. The molecule has 0 saturated heterocycles. The van der Waals surface area contributed by atoms with Gasteiger partial charge in [-0.05, 0) is 38.0 Å². The van der Waals surface area contributed by atoms with E-state index in [1.54, 1.807) is 11.3 Å². The van der Waals surface area contributed by atoms with E-state index in [2.05, 4.69) is 60.2 Å². The van der Waals surface area contributed by atoms with Crippen LogP contribution in [0.3, 0.4) is 0 Å². The number of fused-ring (bicyclic) bond motifs is 1. The zero-order valence-electron chi connectivity index (χ0n) is 16.4. The first kappa shape index (κ1) is 19.4. The van der Waals surface area contributed by atoms with Gasteiger partial charge in [-0.1, -0.05) is 19.9 Å². The molecule has 0 bridgehead atoms. The molecular formula is C21H27N3O2S. The molecule has 6 heteroatoms. The second-order valence-electron chi connectivity index (χ2n) is 7.22. The fraction of sp³-hybridized carbons (Fsp3) is 0.429. The van der Waals surface area contributed by atoms with Crippen molar-refractivity contribution in [2.45, 2.75) is 46.1 Å². The number of carbonyl (C=O) groups is 1. The summed E-state index contributed by atoms with van der Waals surface area (Å²) < 4.78 is 7.97. The van der Waals surface area contributed by atoms with Crippen molar-refractivity contribution < 1.29 is 9.53 Å². The summed E-state index contributed by atoms with van der Waals surface area (Å²) in [5.74, 6) is 1.06. The largest absolute Gasteiger partial charge is 0.483 e. The first-order valence-corrected chi connectivity index (χ1v) is 10.3. The third kappa shape index (κ3) is 4.69. The van der Waals surface area contributed by atoms with Crippen LogP contribution in [0.4, 0.5) is 0 Å². The minimum absolute atomic E-state index is 0.0150. The normalized spacial score (nSPS) is 11.5. The number of carbonyl (C=O) groups excluding carboxylic acids is 1. The molecule has 0 aliphatic heterocycles. The van der Waals surface area contributed by atoms with E-state index in [1.807, 2.05) is 18.2 Å². The van der Waals surface area contributed by atoms with Crippen LogP contribution in [-0.4, -0.2) is 28.6 Å². The Labute approximate surface area is 164 Å². The molecule has 3 rings (SSSR count). The molecule has 0 aliphatic rings. The molecule has 5 nitrogen and oxygen atoms in total. The fourth-order valence-corrected chi connectivity index (χ4v) is 3.90. The van der Waals surface area contributed by atoms with Crippen molar-refractivity contribution >= 4 is 28.1 Å². The van der Waals surface area contributed by atoms with E-state index < -0.39 is 0 Å². The number of benzene rings is 1. The van der Waals surface area contributed by atoms with Crippen LogP contribution in [0.5, 0.6) is 5.75 Å². The van der Waals surface area contributed by atoms with Crippen LogP contribution in [0.2, 0.25) is 0 Å². The number of amides is 1. The van der Waals surface area contributed by atoms with Gasteiger partial charge in [-0.2, -0.15) is 0 Å². The predicted molar refractivity (Wildman–Crippen MR) is 111 cm³/mol. The van der Waals surface area contributed by atoms with Crippen molar-refractivity contribution in [1.29, 1.82) is 0 Å². The van der Waals surface area contributed by atoms with E-state index in [1.165, 1.54) is 0 Å². The summed E-state index contributed by atoms with van der Waals surface area (Å²) >= 11 is 1.65. The Kier molecular flexibility index (Phi) is 6.16. The number of nitrogens with zero attached hydrogens (tertiary/aromatic N) is 2. The monoisotopic (exact) mass is 385 g/mol. The van der Waals surface area contributed by atoms with Gasteiger partial charge >= 0.3 is 0 Å². The van der Waals surface area contributed by atoms with Gasteiger partial charge in [0.15, 0.2) is 6.61 Å². The van der Waals surface area contributed by atoms with Crippen molar-refractivity contribution in [2.24, 2.45) is 0 Å². The number of ether oxygens (including phenoxy) is 1. The van der Waals surface area contributed by atoms with Crippen LogP contribution in [0.15, 0.2) is 35.8 Å². The molecular weight excluding hydrogens is 358 g/mol. The van der Waals surface area contributed by atoms with E-state index in [4.69, 9.17) is 4.74 Å². The van der Waals surface area contributed by atoms with Crippen molar-refractivity contribution in [3.63, 3.8) is 0 Å². The van der Waals surface area contributed by atoms with Crippen LogP contribution in [-0.2, 0) is 11.2 Å². The molecule has 0 saturated carbocycles. The van der Waals surface area contributed by atoms with Crippen molar-refractivity contribution in [3.05, 3.63) is 46.5 Å². The van der Waals surface area contributed by atoms with E-state index in [9.17, 15) is 4.79 Å². The third-order valence-electron chi connectivity index (χ3n) is 4.46. The number of aromatic nitrogens is 2. The third-order valence-corrected chi connectivity index (χ3v) is 5.39. The Morgan fingerprint density at radius 2 is 2.07 bits per heavy atom. The van der Waals surface area contributed by atoms with E-state index >= 15 is 0 Å². The van der Waals surface area contributed by atoms with Crippen LogP contribution in [0.25, 0.3) is 10.9 Å². The molecule has 2 aromatic heterocycles. The predicted octanol–water partition coefficient (Wildman–Crippen LogP) is 4.54. The van der Waals surface area contributed by atoms with Gasteiger partial charge < -0.3 is 14.6 Å². The number of thiazole rings is 1. The zero-order valence-corrected chi connectivity index (χ0v) is 17.2. The van der Waals surface area contributed by atoms with Crippen LogP contribution < -0.4 is 10.1 Å². The highest BCUT2D eigenvalue weighted by Gasteiger charge is 2.10. The van der Waals surface area contributed by atoms with E-state index in [-0.39, 0.29) is 12.5 Å². The average Bonchev–Trinajstić information content (AvgIpc) is 3.27. The molecule has 1 N–H and O–H groups in total. The van der Waals surface area contributed by atoms with Crippen LogP contribution in [0.1, 0.15) is 50.4 Å². The van der Waals surface area contributed by atoms with E-state index in [0.717, 1.165) is 33.8 Å². The lowest BCUT2D eigenvalue weighted by atomic mass is 10.2. The molecule has 3 aromatic rings. The minimum atomic E-state index is -0.115. The van der Waals surface area contributed by atoms with Gasteiger partial charge in [-0.25, -0.2) is 4.98 Å². The Balaban J connectivity index is 1.51. The van der Waals surface area contributed by atoms with E-state index in [0.29, 0.717) is 18.5 Å². The molecule has 0 atom stereocenters. The maximum absolute atomic E-state index is 12.1. The standard InChI is InChI=1S/C21H27N3O2S/c1-14(2)17-13-27-21(23-17)8-10-22-20(25)12-26-19-7-5-6-18-16(19)9-11-24(18)15(3)4/h5-7,9,11,13-15H,8,10,12H2,1-4H3,(H,22,25). The average molecular weight is 386 g/mol. The lowest BCUT2D eigenvalue weighted by Crippen LogP contribution is -2.30. The lowest BCUT2D eigenvalue weighted by Gasteiger charge is -2.11. The smallest absolute Gasteiger partial charge is 0.257 e. The fourth-order valence-electron chi connectivity index (χ4n) is 2.94. The topological polar surface area (TPSA) is 56.1 Å². The summed E-state index contributed by atoms with van der Waals surface area (Å²) in [6.07, 6.45) is 2.80. The zero-order chi connectivity index (χ0) is 19.4. The van der Waals surface area contributed by atoms with Gasteiger partial charge in [0, 0.05) is 36.0 Å². The maximum atomic E-state index is 12.1. The van der Waals surface area contributed by atoms with Crippen LogP contribution in [0, 0.1) is 0 Å². The first-order valence-electron chi connectivity index (χ1n) is 9.39. The molecule has 2 heterocycles. The highest BCUT2D eigenvalue weighted by atomic mass is 32.1. The Morgan fingerprint density at radius 1 is 1.26 bits per heavy atom. The number of hydrogen-bond donors (Lipinski definition) is 1. The summed E-state index contributed by atoms with van der Waals surface area (Å²) in [7, 11) is 0. The highest BCUT2D eigenvalue weighted by molar-refractivity contribution is 7.09. The second-order valence-corrected chi connectivity index (χ2v) is 8.16. The second kappa shape index (κ2) is 8.57. The summed E-state index contributed by atoms with van der Waals surface area (Å²) in [4.78, 5) is 16.7. The van der Waals surface area contributed by atoms with Crippen molar-refractivity contribution in [2.75, 3.05) is 13.2 Å². The quantitative estimate of drug-likeness (QED) is 0.619. The van der Waals surface area contributed by atoms with Gasteiger partial charge in [0.1, 0.15) is 5.75 Å². The molecule has 144 valence electrons. The Morgan fingerprint density at radius 3 is 2.78 bits per heavy atom. The summed E-state index contributed by atoms with van der Waals surface area (Å²) in [5.41, 5.74) is 2.23. The van der Waals surface area contributed by atoms with Crippen LogP contribution >= 0.6 is 11.3 Å². The minimum Gasteiger partial charge on any atom is -0.483 e. The number of hydrogen-bond acceptors (Lipinski definition) is 4. The van der Waals surface area contributed by atoms with Gasteiger partial charge in [0.25, 0.3) is 5.91 Å². The van der Waals surface area contributed by atoms with Gasteiger partial charge in [-0.15, -0.1) is 11.3 Å². The molecule has 0 spiro atoms. The lowest BCUT2D eigenvalue weighted by molar-refractivity contribution is -0.123.